The fraction of sp³-hybridized carbons (Fsp3) is 0.611. The highest BCUT2D eigenvalue weighted by Gasteiger charge is 2.29. The molecule has 3 heterocycles. The molecule has 1 fully saturated rings. The number of aryl methyl sites for hydroxylation is 4. The molecule has 0 saturated carbocycles. The Balaban J connectivity index is 1.60. The molecular formula is C18H27N5O. The number of likely N-dealkylation sites (tertiary alicyclic amines) is 1. The van der Waals surface area contributed by atoms with Gasteiger partial charge >= 0.3 is 0 Å². The average Bonchev–Trinajstić information content (AvgIpc) is 3.12. The summed E-state index contributed by atoms with van der Waals surface area (Å²) >= 11 is 0. The molecule has 2 aromatic heterocycles. The summed E-state index contributed by atoms with van der Waals surface area (Å²) in [7, 11) is 1.95. The van der Waals surface area contributed by atoms with Crippen molar-refractivity contribution in [1.82, 2.24) is 24.5 Å². The molecule has 3 rings (SSSR count). The van der Waals surface area contributed by atoms with Gasteiger partial charge in [0.1, 0.15) is 0 Å². The lowest BCUT2D eigenvalue weighted by molar-refractivity contribution is -0.135. The molecule has 1 atom stereocenters. The van der Waals surface area contributed by atoms with E-state index in [0.29, 0.717) is 6.42 Å². The standard InChI is InChI=1S/C18H27N5O/c1-14-13-15(2)23(20-14)12-6-8-18(24)22-11-5-4-7-17(22)16-9-10-19-21(16)3/h9-10,13,17H,4-8,11-12H2,1-3H3. The van der Waals surface area contributed by atoms with E-state index in [9.17, 15) is 4.79 Å². The maximum Gasteiger partial charge on any atom is 0.223 e. The monoisotopic (exact) mass is 329 g/mol. The highest BCUT2D eigenvalue weighted by atomic mass is 16.2. The van der Waals surface area contributed by atoms with Crippen LogP contribution in [-0.4, -0.2) is 36.9 Å². The molecule has 1 aliphatic heterocycles. The van der Waals surface area contributed by atoms with E-state index >= 15 is 0 Å². The van der Waals surface area contributed by atoms with Crippen LogP contribution in [0.1, 0.15) is 55.2 Å². The van der Waals surface area contributed by atoms with Crippen LogP contribution in [0.2, 0.25) is 0 Å². The minimum atomic E-state index is 0.174. The molecule has 1 amide bonds. The molecule has 1 aliphatic rings. The molecule has 0 radical (unpaired) electrons. The van der Waals surface area contributed by atoms with E-state index < -0.39 is 0 Å². The number of piperidine rings is 1. The number of hydrogen-bond donors (Lipinski definition) is 0. The second-order valence-corrected chi connectivity index (χ2v) is 6.73. The van der Waals surface area contributed by atoms with Crippen LogP contribution in [0, 0.1) is 13.8 Å². The molecule has 0 N–H and O–H groups in total. The quantitative estimate of drug-likeness (QED) is 0.847. The largest absolute Gasteiger partial charge is 0.334 e. The highest BCUT2D eigenvalue weighted by molar-refractivity contribution is 5.76. The van der Waals surface area contributed by atoms with Crippen LogP contribution in [0.4, 0.5) is 0 Å². The molecule has 24 heavy (non-hydrogen) atoms. The number of aromatic nitrogens is 4. The van der Waals surface area contributed by atoms with Crippen molar-refractivity contribution in [3.8, 4) is 0 Å². The predicted octanol–water partition coefficient (Wildman–Crippen LogP) is 2.77. The van der Waals surface area contributed by atoms with E-state index in [1.807, 2.05) is 35.6 Å². The molecule has 0 aromatic carbocycles. The maximum atomic E-state index is 12.8. The summed E-state index contributed by atoms with van der Waals surface area (Å²) in [6, 6.07) is 4.28. The van der Waals surface area contributed by atoms with Crippen molar-refractivity contribution in [2.45, 2.75) is 58.5 Å². The van der Waals surface area contributed by atoms with Crippen LogP contribution < -0.4 is 0 Å². The van der Waals surface area contributed by atoms with Crippen molar-refractivity contribution in [2.24, 2.45) is 7.05 Å². The third kappa shape index (κ3) is 3.52. The Morgan fingerprint density at radius 1 is 1.33 bits per heavy atom. The molecule has 1 saturated heterocycles. The minimum absolute atomic E-state index is 0.174. The van der Waals surface area contributed by atoms with Crippen LogP contribution >= 0.6 is 0 Å². The van der Waals surface area contributed by atoms with E-state index in [0.717, 1.165) is 49.4 Å². The van der Waals surface area contributed by atoms with Crippen molar-refractivity contribution in [1.29, 1.82) is 0 Å². The van der Waals surface area contributed by atoms with E-state index in [1.165, 1.54) is 6.42 Å². The van der Waals surface area contributed by atoms with Crippen LogP contribution in [-0.2, 0) is 18.4 Å². The van der Waals surface area contributed by atoms with Gasteiger partial charge < -0.3 is 4.90 Å². The van der Waals surface area contributed by atoms with Crippen molar-refractivity contribution in [3.05, 3.63) is 35.4 Å². The fourth-order valence-corrected chi connectivity index (χ4v) is 3.67. The molecule has 0 bridgehead atoms. The Labute approximate surface area is 143 Å². The van der Waals surface area contributed by atoms with Crippen LogP contribution in [0.5, 0.6) is 0 Å². The molecule has 0 spiro atoms. The van der Waals surface area contributed by atoms with Gasteiger partial charge in [-0.3, -0.25) is 14.2 Å². The lowest BCUT2D eigenvalue weighted by Crippen LogP contribution is -2.39. The SMILES string of the molecule is Cc1cc(C)n(CCCC(=O)N2CCCCC2c2ccnn2C)n1. The molecule has 130 valence electrons. The van der Waals surface area contributed by atoms with Crippen molar-refractivity contribution in [2.75, 3.05) is 6.54 Å². The van der Waals surface area contributed by atoms with Crippen molar-refractivity contribution in [3.63, 3.8) is 0 Å². The zero-order chi connectivity index (χ0) is 17.1. The minimum Gasteiger partial charge on any atom is -0.334 e. The van der Waals surface area contributed by atoms with Gasteiger partial charge in [0.15, 0.2) is 0 Å². The van der Waals surface area contributed by atoms with Crippen molar-refractivity contribution >= 4 is 5.91 Å². The second-order valence-electron chi connectivity index (χ2n) is 6.73. The number of rotatable bonds is 5. The van der Waals surface area contributed by atoms with E-state index in [2.05, 4.69) is 28.1 Å². The van der Waals surface area contributed by atoms with Gasteiger partial charge in [-0.05, 0) is 51.7 Å². The Hall–Kier alpha value is -2.11. The lowest BCUT2D eigenvalue weighted by Gasteiger charge is -2.36. The van der Waals surface area contributed by atoms with Gasteiger partial charge in [0, 0.05) is 38.4 Å². The number of hydrogen-bond acceptors (Lipinski definition) is 3. The second kappa shape index (κ2) is 7.20. The van der Waals surface area contributed by atoms with E-state index in [4.69, 9.17) is 0 Å². The van der Waals surface area contributed by atoms with E-state index in [-0.39, 0.29) is 11.9 Å². The molecule has 2 aromatic rings. The number of amides is 1. The Morgan fingerprint density at radius 3 is 2.83 bits per heavy atom. The molecule has 6 nitrogen and oxygen atoms in total. The Bertz CT molecular complexity index is 702. The predicted molar refractivity (Wildman–Crippen MR) is 92.4 cm³/mol. The van der Waals surface area contributed by atoms with Gasteiger partial charge in [0.25, 0.3) is 0 Å². The Morgan fingerprint density at radius 2 is 2.17 bits per heavy atom. The number of nitrogens with zero attached hydrogens (tertiary/aromatic N) is 5. The van der Waals surface area contributed by atoms with Gasteiger partial charge in [0.2, 0.25) is 5.91 Å². The summed E-state index contributed by atoms with van der Waals surface area (Å²) in [6.07, 6.45) is 6.52. The van der Waals surface area contributed by atoms with Crippen LogP contribution in [0.3, 0.4) is 0 Å². The van der Waals surface area contributed by atoms with Gasteiger partial charge in [-0.15, -0.1) is 0 Å². The zero-order valence-corrected chi connectivity index (χ0v) is 14.9. The topological polar surface area (TPSA) is 56.0 Å². The third-order valence-corrected chi connectivity index (χ3v) is 4.89. The van der Waals surface area contributed by atoms with Gasteiger partial charge in [-0.25, -0.2) is 0 Å². The lowest BCUT2D eigenvalue weighted by atomic mass is 9.98. The maximum absolute atomic E-state index is 12.8. The molecule has 0 aliphatic carbocycles. The van der Waals surface area contributed by atoms with Gasteiger partial charge in [-0.2, -0.15) is 10.2 Å². The molecule has 6 heteroatoms. The van der Waals surface area contributed by atoms with Crippen LogP contribution in [0.25, 0.3) is 0 Å². The third-order valence-electron chi connectivity index (χ3n) is 4.89. The summed E-state index contributed by atoms with van der Waals surface area (Å²) in [4.78, 5) is 14.8. The Kier molecular flexibility index (Phi) is 5.02. The highest BCUT2D eigenvalue weighted by Crippen LogP contribution is 2.31. The van der Waals surface area contributed by atoms with Crippen molar-refractivity contribution < 1.29 is 4.79 Å². The van der Waals surface area contributed by atoms with Crippen LogP contribution in [0.15, 0.2) is 18.3 Å². The normalized spacial score (nSPS) is 18.1. The van der Waals surface area contributed by atoms with Gasteiger partial charge in [-0.1, -0.05) is 0 Å². The summed E-state index contributed by atoms with van der Waals surface area (Å²) < 4.78 is 3.89. The first kappa shape index (κ1) is 16.7. The summed E-state index contributed by atoms with van der Waals surface area (Å²) in [5.41, 5.74) is 3.33. The molecule has 1 unspecified atom stereocenters. The molecular weight excluding hydrogens is 302 g/mol. The first-order valence-corrected chi connectivity index (χ1v) is 8.84. The summed E-state index contributed by atoms with van der Waals surface area (Å²) in [5.74, 6) is 0.252. The smallest absolute Gasteiger partial charge is 0.223 e. The number of carbonyl (C=O) groups is 1. The fourth-order valence-electron chi connectivity index (χ4n) is 3.67. The summed E-state index contributed by atoms with van der Waals surface area (Å²) in [5, 5.41) is 8.73. The van der Waals surface area contributed by atoms with E-state index in [1.54, 1.807) is 0 Å². The average molecular weight is 329 g/mol. The number of carbonyl (C=O) groups excluding carboxylic acids is 1. The first-order valence-electron chi connectivity index (χ1n) is 8.84. The zero-order valence-electron chi connectivity index (χ0n) is 14.9. The first-order chi connectivity index (χ1) is 11.6. The van der Waals surface area contributed by atoms with Gasteiger partial charge in [0.05, 0.1) is 17.4 Å². The summed E-state index contributed by atoms with van der Waals surface area (Å²) in [6.45, 7) is 5.72.